The van der Waals surface area contributed by atoms with E-state index in [9.17, 15) is 13.2 Å². The summed E-state index contributed by atoms with van der Waals surface area (Å²) >= 11 is 0. The Labute approximate surface area is 156 Å². The van der Waals surface area contributed by atoms with Crippen molar-refractivity contribution in [2.45, 2.75) is 57.0 Å². The number of benzene rings is 1. The van der Waals surface area contributed by atoms with Gasteiger partial charge in [-0.3, -0.25) is 4.79 Å². The molecular formula is C17H28ClN3O3S. The summed E-state index contributed by atoms with van der Waals surface area (Å²) in [6.45, 7) is 8.86. The Morgan fingerprint density at radius 2 is 1.96 bits per heavy atom. The summed E-state index contributed by atoms with van der Waals surface area (Å²) in [6.07, 6.45) is 1.95. The van der Waals surface area contributed by atoms with Gasteiger partial charge in [0.15, 0.2) is 0 Å². The zero-order valence-corrected chi connectivity index (χ0v) is 16.8. The SMILES string of the molecule is Cc1ccc(S(=O)(=O)NC(C)(C)C)cc1C(=O)N[C@H]1CCCNC1.Cl. The first kappa shape index (κ1) is 21.9. The van der Waals surface area contributed by atoms with Crippen molar-refractivity contribution < 1.29 is 13.2 Å². The van der Waals surface area contributed by atoms with Crippen LogP contribution in [0, 0.1) is 6.92 Å². The summed E-state index contributed by atoms with van der Waals surface area (Å²) in [7, 11) is -3.67. The fourth-order valence-electron chi connectivity index (χ4n) is 2.71. The minimum absolute atomic E-state index is 0. The van der Waals surface area contributed by atoms with Gasteiger partial charge in [0.25, 0.3) is 5.91 Å². The first-order valence-electron chi connectivity index (χ1n) is 8.25. The number of aryl methyl sites for hydroxylation is 1. The van der Waals surface area contributed by atoms with E-state index in [2.05, 4.69) is 15.4 Å². The fourth-order valence-corrected chi connectivity index (χ4v) is 4.16. The zero-order valence-electron chi connectivity index (χ0n) is 15.2. The Hall–Kier alpha value is -1.15. The van der Waals surface area contributed by atoms with Crippen LogP contribution in [0.15, 0.2) is 23.1 Å². The van der Waals surface area contributed by atoms with Crippen LogP contribution in [0.4, 0.5) is 0 Å². The second kappa shape index (κ2) is 8.49. The Bertz CT molecular complexity index is 708. The molecule has 0 aliphatic carbocycles. The first-order chi connectivity index (χ1) is 11.1. The third-order valence-electron chi connectivity index (χ3n) is 3.84. The minimum atomic E-state index is -3.67. The minimum Gasteiger partial charge on any atom is -0.348 e. The molecule has 1 aromatic rings. The second-order valence-electron chi connectivity index (χ2n) is 7.35. The molecule has 0 spiro atoms. The van der Waals surface area contributed by atoms with Gasteiger partial charge in [0.05, 0.1) is 4.90 Å². The number of sulfonamides is 1. The van der Waals surface area contributed by atoms with Crippen molar-refractivity contribution in [2.24, 2.45) is 0 Å². The average molecular weight is 390 g/mol. The number of piperidine rings is 1. The van der Waals surface area contributed by atoms with E-state index in [4.69, 9.17) is 0 Å². The third kappa shape index (κ3) is 6.26. The molecule has 0 unspecified atom stereocenters. The van der Waals surface area contributed by atoms with Crippen molar-refractivity contribution in [3.63, 3.8) is 0 Å². The maximum absolute atomic E-state index is 12.5. The quantitative estimate of drug-likeness (QED) is 0.734. The summed E-state index contributed by atoms with van der Waals surface area (Å²) in [5, 5.41) is 6.23. The maximum Gasteiger partial charge on any atom is 0.251 e. The van der Waals surface area contributed by atoms with Crippen LogP contribution in [-0.4, -0.2) is 39.0 Å². The van der Waals surface area contributed by atoms with Gasteiger partial charge in [0, 0.05) is 23.7 Å². The van der Waals surface area contributed by atoms with Crippen molar-refractivity contribution in [3.8, 4) is 0 Å². The third-order valence-corrected chi connectivity index (χ3v) is 5.59. The standard InChI is InChI=1S/C17H27N3O3S.ClH/c1-12-7-8-14(24(22,23)20-17(2,3)4)10-15(12)16(21)19-13-6-5-9-18-11-13;/h7-8,10,13,18,20H,5-6,9,11H2,1-4H3,(H,19,21);1H/t13-;/m0./s1. The molecule has 6 nitrogen and oxygen atoms in total. The molecule has 0 bridgehead atoms. The predicted molar refractivity (Wildman–Crippen MR) is 102 cm³/mol. The molecule has 0 saturated carbocycles. The van der Waals surface area contributed by atoms with Gasteiger partial charge in [-0.15, -0.1) is 12.4 Å². The lowest BCUT2D eigenvalue weighted by molar-refractivity contribution is 0.0930. The first-order valence-corrected chi connectivity index (χ1v) is 9.73. The summed E-state index contributed by atoms with van der Waals surface area (Å²) in [4.78, 5) is 12.7. The lowest BCUT2D eigenvalue weighted by Crippen LogP contribution is -2.45. The van der Waals surface area contributed by atoms with Crippen molar-refractivity contribution in [2.75, 3.05) is 13.1 Å². The molecule has 1 fully saturated rings. The molecule has 1 aliphatic heterocycles. The van der Waals surface area contributed by atoms with Gasteiger partial charge in [-0.2, -0.15) is 0 Å². The molecule has 1 aliphatic rings. The number of halogens is 1. The summed E-state index contributed by atoms with van der Waals surface area (Å²) in [5.41, 5.74) is 0.572. The van der Waals surface area contributed by atoms with Crippen molar-refractivity contribution in [1.82, 2.24) is 15.4 Å². The second-order valence-corrected chi connectivity index (χ2v) is 9.03. The lowest BCUT2D eigenvalue weighted by Gasteiger charge is -2.24. The maximum atomic E-state index is 12.5. The lowest BCUT2D eigenvalue weighted by atomic mass is 10.1. The van der Waals surface area contributed by atoms with Crippen LogP contribution in [0.5, 0.6) is 0 Å². The number of carbonyl (C=O) groups is 1. The highest BCUT2D eigenvalue weighted by Gasteiger charge is 2.24. The Kier molecular flexibility index (Phi) is 7.43. The van der Waals surface area contributed by atoms with E-state index >= 15 is 0 Å². The highest BCUT2D eigenvalue weighted by Crippen LogP contribution is 2.18. The molecule has 1 heterocycles. The molecule has 3 N–H and O–H groups in total. The number of amides is 1. The van der Waals surface area contributed by atoms with Crippen LogP contribution in [0.2, 0.25) is 0 Å². The van der Waals surface area contributed by atoms with Crippen LogP contribution < -0.4 is 15.4 Å². The number of hydrogen-bond donors (Lipinski definition) is 3. The van der Waals surface area contributed by atoms with Crippen LogP contribution >= 0.6 is 12.4 Å². The van der Waals surface area contributed by atoms with E-state index < -0.39 is 15.6 Å². The van der Waals surface area contributed by atoms with Crippen LogP contribution in [0.1, 0.15) is 49.5 Å². The highest BCUT2D eigenvalue weighted by atomic mass is 35.5. The van der Waals surface area contributed by atoms with Gasteiger partial charge in [0.1, 0.15) is 0 Å². The van der Waals surface area contributed by atoms with Gasteiger partial charge in [-0.1, -0.05) is 6.07 Å². The molecule has 1 aromatic carbocycles. The fraction of sp³-hybridized carbons (Fsp3) is 0.588. The van der Waals surface area contributed by atoms with E-state index in [1.165, 1.54) is 12.1 Å². The molecule has 0 aromatic heterocycles. The number of nitrogens with one attached hydrogen (secondary N) is 3. The van der Waals surface area contributed by atoms with Crippen molar-refractivity contribution in [3.05, 3.63) is 29.3 Å². The topological polar surface area (TPSA) is 87.3 Å². The smallest absolute Gasteiger partial charge is 0.251 e. The highest BCUT2D eigenvalue weighted by molar-refractivity contribution is 7.89. The van der Waals surface area contributed by atoms with Crippen molar-refractivity contribution >= 4 is 28.3 Å². The molecule has 1 saturated heterocycles. The average Bonchev–Trinajstić information content (AvgIpc) is 2.46. The van der Waals surface area contributed by atoms with Gasteiger partial charge in [0.2, 0.25) is 10.0 Å². The number of carbonyl (C=O) groups excluding carboxylic acids is 1. The summed E-state index contributed by atoms with van der Waals surface area (Å²) in [5.74, 6) is -0.228. The molecule has 142 valence electrons. The van der Waals surface area contributed by atoms with E-state index in [-0.39, 0.29) is 29.3 Å². The Balaban J connectivity index is 0.00000312. The zero-order chi connectivity index (χ0) is 18.0. The number of rotatable bonds is 4. The van der Waals surface area contributed by atoms with Gasteiger partial charge < -0.3 is 10.6 Å². The molecular weight excluding hydrogens is 362 g/mol. The normalized spacial score (nSPS) is 18.3. The van der Waals surface area contributed by atoms with Gasteiger partial charge in [-0.05, 0) is 64.8 Å². The Morgan fingerprint density at radius 1 is 1.28 bits per heavy atom. The molecule has 25 heavy (non-hydrogen) atoms. The van der Waals surface area contributed by atoms with Gasteiger partial charge in [-0.25, -0.2) is 13.1 Å². The molecule has 1 amide bonds. The van der Waals surface area contributed by atoms with Crippen LogP contribution in [-0.2, 0) is 10.0 Å². The molecule has 2 rings (SSSR count). The van der Waals surface area contributed by atoms with Crippen molar-refractivity contribution in [1.29, 1.82) is 0 Å². The molecule has 8 heteroatoms. The number of hydrogen-bond acceptors (Lipinski definition) is 4. The largest absolute Gasteiger partial charge is 0.348 e. The van der Waals surface area contributed by atoms with Crippen LogP contribution in [0.25, 0.3) is 0 Å². The monoisotopic (exact) mass is 389 g/mol. The Morgan fingerprint density at radius 3 is 2.52 bits per heavy atom. The van der Waals surface area contributed by atoms with E-state index in [0.717, 1.165) is 31.5 Å². The van der Waals surface area contributed by atoms with Gasteiger partial charge >= 0.3 is 0 Å². The van der Waals surface area contributed by atoms with Crippen LogP contribution in [0.3, 0.4) is 0 Å². The summed E-state index contributed by atoms with van der Waals surface area (Å²) in [6, 6.07) is 4.74. The van der Waals surface area contributed by atoms with E-state index in [1.54, 1.807) is 26.8 Å². The molecule has 1 atom stereocenters. The summed E-state index contributed by atoms with van der Waals surface area (Å²) < 4.78 is 27.6. The predicted octanol–water partition coefficient (Wildman–Crippen LogP) is 1.98. The molecule has 0 radical (unpaired) electrons. The van der Waals surface area contributed by atoms with E-state index in [1.807, 2.05) is 6.92 Å². The van der Waals surface area contributed by atoms with E-state index in [0.29, 0.717) is 5.56 Å².